The van der Waals surface area contributed by atoms with Crippen molar-refractivity contribution in [1.82, 2.24) is 4.98 Å². The number of hydrogen-bond acceptors (Lipinski definition) is 2. The second-order valence-electron chi connectivity index (χ2n) is 4.56. The Kier molecular flexibility index (Phi) is 5.37. The molecule has 0 radical (unpaired) electrons. The lowest BCUT2D eigenvalue weighted by molar-refractivity contribution is 0.225. The zero-order valence-electron chi connectivity index (χ0n) is 10.4. The molecule has 1 atom stereocenters. The molecule has 2 aromatic rings. The summed E-state index contributed by atoms with van der Waals surface area (Å²) in [5.74, 6) is 0.149. The molecule has 19 heavy (non-hydrogen) atoms. The van der Waals surface area contributed by atoms with Crippen molar-refractivity contribution in [2.45, 2.75) is 12.8 Å². The zero-order chi connectivity index (χ0) is 13.7. The van der Waals surface area contributed by atoms with E-state index in [9.17, 15) is 5.11 Å². The largest absolute Gasteiger partial charge is 0.396 e. The molecule has 0 amide bonds. The van der Waals surface area contributed by atoms with Gasteiger partial charge in [0.1, 0.15) is 0 Å². The van der Waals surface area contributed by atoms with Crippen LogP contribution >= 0.6 is 27.5 Å². The second kappa shape index (κ2) is 7.04. The van der Waals surface area contributed by atoms with Crippen molar-refractivity contribution in [3.8, 4) is 0 Å². The Morgan fingerprint density at radius 3 is 2.68 bits per heavy atom. The SMILES string of the molecule is OCC(Cc1cncc(Br)c1)Cc1ccccc1Cl. The first-order chi connectivity index (χ1) is 9.19. The summed E-state index contributed by atoms with van der Waals surface area (Å²) in [7, 11) is 0. The van der Waals surface area contributed by atoms with Gasteiger partial charge in [-0.3, -0.25) is 4.98 Å². The molecule has 1 aromatic heterocycles. The van der Waals surface area contributed by atoms with E-state index >= 15 is 0 Å². The molecule has 2 rings (SSSR count). The molecule has 4 heteroatoms. The van der Waals surface area contributed by atoms with E-state index < -0.39 is 0 Å². The van der Waals surface area contributed by atoms with Crippen LogP contribution < -0.4 is 0 Å². The number of pyridine rings is 1. The van der Waals surface area contributed by atoms with Crippen molar-refractivity contribution in [2.75, 3.05) is 6.61 Å². The van der Waals surface area contributed by atoms with E-state index in [4.69, 9.17) is 11.6 Å². The average molecular weight is 341 g/mol. The van der Waals surface area contributed by atoms with Crippen LogP contribution in [0, 0.1) is 5.92 Å². The van der Waals surface area contributed by atoms with Crippen molar-refractivity contribution in [1.29, 1.82) is 0 Å². The van der Waals surface area contributed by atoms with Crippen LogP contribution in [0.4, 0.5) is 0 Å². The van der Waals surface area contributed by atoms with Gasteiger partial charge in [0.15, 0.2) is 0 Å². The fourth-order valence-corrected chi connectivity index (χ4v) is 2.70. The maximum atomic E-state index is 9.53. The van der Waals surface area contributed by atoms with Gasteiger partial charge in [0.25, 0.3) is 0 Å². The minimum absolute atomic E-state index is 0.137. The number of benzene rings is 1. The summed E-state index contributed by atoms with van der Waals surface area (Å²) in [6.45, 7) is 0.137. The van der Waals surface area contributed by atoms with Gasteiger partial charge < -0.3 is 5.11 Å². The Bertz CT molecular complexity index is 547. The molecule has 0 bridgehead atoms. The quantitative estimate of drug-likeness (QED) is 0.895. The minimum atomic E-state index is 0.137. The highest BCUT2D eigenvalue weighted by Gasteiger charge is 2.12. The highest BCUT2D eigenvalue weighted by atomic mass is 79.9. The summed E-state index contributed by atoms with van der Waals surface area (Å²) in [6.07, 6.45) is 5.14. The molecule has 1 heterocycles. The van der Waals surface area contributed by atoms with Crippen LogP contribution in [-0.2, 0) is 12.8 Å². The van der Waals surface area contributed by atoms with Gasteiger partial charge >= 0.3 is 0 Å². The molecule has 1 unspecified atom stereocenters. The van der Waals surface area contributed by atoms with Gasteiger partial charge in [-0.1, -0.05) is 29.8 Å². The Hall–Kier alpha value is -0.900. The molecule has 0 saturated carbocycles. The lowest BCUT2D eigenvalue weighted by atomic mass is 9.94. The molecule has 1 aromatic carbocycles. The van der Waals surface area contributed by atoms with Gasteiger partial charge in [-0.15, -0.1) is 0 Å². The highest BCUT2D eigenvalue weighted by Crippen LogP contribution is 2.21. The summed E-state index contributed by atoms with van der Waals surface area (Å²) in [5.41, 5.74) is 2.19. The third kappa shape index (κ3) is 4.30. The number of hydrogen-bond donors (Lipinski definition) is 1. The van der Waals surface area contributed by atoms with E-state index in [1.54, 1.807) is 6.20 Å². The average Bonchev–Trinajstić information content (AvgIpc) is 2.40. The predicted octanol–water partition coefficient (Wildman–Crippen LogP) is 3.89. The van der Waals surface area contributed by atoms with Gasteiger partial charge in [-0.25, -0.2) is 0 Å². The van der Waals surface area contributed by atoms with Crippen LogP contribution in [0.25, 0.3) is 0 Å². The maximum absolute atomic E-state index is 9.53. The second-order valence-corrected chi connectivity index (χ2v) is 5.88. The summed E-state index contributed by atoms with van der Waals surface area (Å²) in [6, 6.07) is 9.80. The van der Waals surface area contributed by atoms with Crippen molar-refractivity contribution >= 4 is 27.5 Å². The summed E-state index contributed by atoms with van der Waals surface area (Å²) in [4.78, 5) is 4.14. The van der Waals surface area contributed by atoms with Crippen LogP contribution in [0.3, 0.4) is 0 Å². The first-order valence-electron chi connectivity index (χ1n) is 6.12. The van der Waals surface area contributed by atoms with Crippen LogP contribution in [-0.4, -0.2) is 16.7 Å². The monoisotopic (exact) mass is 339 g/mol. The first-order valence-corrected chi connectivity index (χ1v) is 7.30. The molecular weight excluding hydrogens is 326 g/mol. The van der Waals surface area contributed by atoms with Gasteiger partial charge in [-0.05, 0) is 57.9 Å². The third-order valence-electron chi connectivity index (χ3n) is 3.01. The van der Waals surface area contributed by atoms with Crippen molar-refractivity contribution < 1.29 is 5.11 Å². The standard InChI is InChI=1S/C15H15BrClNO/c16-14-7-11(8-18-9-14)5-12(10-19)6-13-3-1-2-4-15(13)17/h1-4,7-9,12,19H,5-6,10H2. The number of aliphatic hydroxyl groups is 1. The molecule has 0 aliphatic carbocycles. The van der Waals surface area contributed by atoms with Gasteiger partial charge in [0.05, 0.1) is 0 Å². The van der Waals surface area contributed by atoms with E-state index in [0.717, 1.165) is 33.5 Å². The van der Waals surface area contributed by atoms with E-state index in [0.29, 0.717) is 0 Å². The fraction of sp³-hybridized carbons (Fsp3) is 0.267. The third-order valence-corrected chi connectivity index (χ3v) is 3.81. The molecule has 1 N–H and O–H groups in total. The number of halogens is 2. The molecule has 0 aliphatic rings. The maximum Gasteiger partial charge on any atom is 0.0465 e. The fourth-order valence-electron chi connectivity index (χ4n) is 2.08. The molecule has 0 fully saturated rings. The van der Waals surface area contributed by atoms with Gasteiger partial charge in [0.2, 0.25) is 0 Å². The molecule has 100 valence electrons. The normalized spacial score (nSPS) is 12.4. The van der Waals surface area contributed by atoms with Gasteiger partial charge in [0, 0.05) is 28.5 Å². The van der Waals surface area contributed by atoms with E-state index in [-0.39, 0.29) is 12.5 Å². The van der Waals surface area contributed by atoms with E-state index in [2.05, 4.69) is 20.9 Å². The Labute approximate surface area is 126 Å². The summed E-state index contributed by atoms with van der Waals surface area (Å²) >= 11 is 9.56. The van der Waals surface area contributed by atoms with Crippen molar-refractivity contribution in [3.05, 3.63) is 63.3 Å². The van der Waals surface area contributed by atoms with Crippen LogP contribution in [0.5, 0.6) is 0 Å². The summed E-state index contributed by atoms with van der Waals surface area (Å²) in [5, 5.41) is 10.3. The van der Waals surface area contributed by atoms with Crippen molar-refractivity contribution in [3.63, 3.8) is 0 Å². The molecule has 2 nitrogen and oxygen atoms in total. The van der Waals surface area contributed by atoms with Gasteiger partial charge in [-0.2, -0.15) is 0 Å². The smallest absolute Gasteiger partial charge is 0.0465 e. The molecule has 0 saturated heterocycles. The number of rotatable bonds is 5. The van der Waals surface area contributed by atoms with Crippen molar-refractivity contribution in [2.24, 2.45) is 5.92 Å². The van der Waals surface area contributed by atoms with E-state index in [1.807, 2.05) is 36.5 Å². The topological polar surface area (TPSA) is 33.1 Å². The predicted molar refractivity (Wildman–Crippen MR) is 81.4 cm³/mol. The van der Waals surface area contributed by atoms with E-state index in [1.165, 1.54) is 0 Å². The minimum Gasteiger partial charge on any atom is -0.396 e. The lowest BCUT2D eigenvalue weighted by Gasteiger charge is -2.15. The molecular formula is C15H15BrClNO. The number of aromatic nitrogens is 1. The molecule has 0 spiro atoms. The number of aliphatic hydroxyl groups excluding tert-OH is 1. The molecule has 0 aliphatic heterocycles. The number of nitrogens with zero attached hydrogens (tertiary/aromatic N) is 1. The zero-order valence-corrected chi connectivity index (χ0v) is 12.7. The lowest BCUT2D eigenvalue weighted by Crippen LogP contribution is -2.13. The first kappa shape index (κ1) is 14.5. The Morgan fingerprint density at radius 1 is 1.21 bits per heavy atom. The summed E-state index contributed by atoms with van der Waals surface area (Å²) < 4.78 is 0.958. The van der Waals surface area contributed by atoms with Crippen LogP contribution in [0.2, 0.25) is 5.02 Å². The Morgan fingerprint density at radius 2 is 2.00 bits per heavy atom. The highest BCUT2D eigenvalue weighted by molar-refractivity contribution is 9.10. The Balaban J connectivity index is 2.07. The van der Waals surface area contributed by atoms with Crippen LogP contribution in [0.1, 0.15) is 11.1 Å². The van der Waals surface area contributed by atoms with Crippen LogP contribution in [0.15, 0.2) is 47.2 Å².